The normalized spacial score (nSPS) is 15.1. The molecule has 1 N–H and O–H groups in total. The Kier molecular flexibility index (Phi) is 2.66. The van der Waals surface area contributed by atoms with Crippen LogP contribution in [0.4, 0.5) is 0 Å². The van der Waals surface area contributed by atoms with Crippen molar-refractivity contribution >= 4 is 12.2 Å². The molecule has 0 saturated heterocycles. The van der Waals surface area contributed by atoms with Gasteiger partial charge in [0.1, 0.15) is 0 Å². The number of allylic oxidation sites excluding steroid dienone is 2. The second kappa shape index (κ2) is 3.76. The lowest BCUT2D eigenvalue weighted by atomic mass is 10.4. The molecule has 0 saturated carbocycles. The van der Waals surface area contributed by atoms with Gasteiger partial charge in [-0.15, -0.1) is 0 Å². The maximum atomic E-state index is 4.13. The van der Waals surface area contributed by atoms with Crippen LogP contribution in [0, 0.1) is 0 Å². The number of hydrogen-bond acceptors (Lipinski definition) is 1. The summed E-state index contributed by atoms with van der Waals surface area (Å²) in [6.45, 7) is 3.97. The van der Waals surface area contributed by atoms with Crippen molar-refractivity contribution in [2.75, 3.05) is 0 Å². The zero-order chi connectivity index (χ0) is 8.10. The van der Waals surface area contributed by atoms with Gasteiger partial charge in [-0.25, -0.2) is 4.98 Å². The molecule has 0 aliphatic rings. The van der Waals surface area contributed by atoms with Crippen LogP contribution in [-0.4, -0.2) is 9.97 Å². The summed E-state index contributed by atoms with van der Waals surface area (Å²) in [6, 6.07) is 0. The molecule has 1 aromatic heterocycles. The van der Waals surface area contributed by atoms with E-state index >= 15 is 0 Å². The van der Waals surface area contributed by atoms with E-state index < -0.39 is 0 Å². The molecule has 58 valence electrons. The van der Waals surface area contributed by atoms with Crippen LogP contribution in [0.5, 0.6) is 0 Å². The third-order valence-corrected chi connectivity index (χ3v) is 1.43. The van der Waals surface area contributed by atoms with E-state index in [1.54, 1.807) is 6.33 Å². The molecule has 0 atom stereocenters. The molecule has 0 bridgehead atoms. The molecule has 1 aromatic rings. The van der Waals surface area contributed by atoms with E-state index in [2.05, 4.69) is 9.97 Å². The molecule has 1 heterocycles. The number of aromatic nitrogens is 2. The first-order valence-corrected chi connectivity index (χ1v) is 3.67. The van der Waals surface area contributed by atoms with Gasteiger partial charge in [-0.05, 0) is 19.9 Å². The van der Waals surface area contributed by atoms with E-state index in [0.717, 1.165) is 10.7 Å². The van der Waals surface area contributed by atoms with Crippen LogP contribution in [0.1, 0.15) is 13.8 Å². The van der Waals surface area contributed by atoms with Gasteiger partial charge in [-0.3, -0.25) is 0 Å². The predicted molar refractivity (Wildman–Crippen MR) is 47.3 cm³/mol. The van der Waals surface area contributed by atoms with Crippen LogP contribution in [0.2, 0.25) is 0 Å². The van der Waals surface area contributed by atoms with Gasteiger partial charge in [0.05, 0.1) is 17.0 Å². The lowest BCUT2D eigenvalue weighted by Crippen LogP contribution is -2.23. The van der Waals surface area contributed by atoms with Crippen LogP contribution in [0.3, 0.4) is 0 Å². The van der Waals surface area contributed by atoms with Crippen molar-refractivity contribution in [3.05, 3.63) is 29.2 Å². The number of H-pyrrole nitrogens is 1. The average molecular weight is 148 g/mol. The number of aromatic amines is 1. The van der Waals surface area contributed by atoms with Gasteiger partial charge in [0.15, 0.2) is 0 Å². The molecule has 0 fully saturated rings. The molecule has 0 amide bonds. The van der Waals surface area contributed by atoms with E-state index in [0.29, 0.717) is 0 Å². The minimum absolute atomic E-state index is 0.991. The van der Waals surface area contributed by atoms with Crippen molar-refractivity contribution in [3.63, 3.8) is 0 Å². The van der Waals surface area contributed by atoms with Crippen LogP contribution in [0.25, 0.3) is 12.2 Å². The van der Waals surface area contributed by atoms with Crippen LogP contribution in [0.15, 0.2) is 18.5 Å². The summed E-state index contributed by atoms with van der Waals surface area (Å²) in [5.74, 6) is 0. The minimum atomic E-state index is 0.991. The fraction of sp³-hybridized carbons (Fsp3) is 0.222. The van der Waals surface area contributed by atoms with Gasteiger partial charge in [-0.1, -0.05) is 18.2 Å². The summed E-state index contributed by atoms with van der Waals surface area (Å²) in [4.78, 5) is 7.16. The average Bonchev–Trinajstić information content (AvgIpc) is 2.47. The molecule has 0 aliphatic carbocycles. The zero-order valence-corrected chi connectivity index (χ0v) is 6.83. The van der Waals surface area contributed by atoms with Crippen molar-refractivity contribution in [2.24, 2.45) is 0 Å². The minimum Gasteiger partial charge on any atom is -0.345 e. The Balaban J connectivity index is 3.23. The summed E-state index contributed by atoms with van der Waals surface area (Å²) in [6.07, 6.45) is 9.64. The van der Waals surface area contributed by atoms with Crippen LogP contribution >= 0.6 is 0 Å². The third-order valence-electron chi connectivity index (χ3n) is 1.43. The highest BCUT2D eigenvalue weighted by atomic mass is 14.8. The molecule has 11 heavy (non-hydrogen) atoms. The van der Waals surface area contributed by atoms with Crippen molar-refractivity contribution in [2.45, 2.75) is 13.8 Å². The van der Waals surface area contributed by atoms with Gasteiger partial charge in [0.25, 0.3) is 0 Å². The fourth-order valence-corrected chi connectivity index (χ4v) is 0.866. The molecule has 0 radical (unpaired) electrons. The van der Waals surface area contributed by atoms with E-state index in [-0.39, 0.29) is 0 Å². The lowest BCUT2D eigenvalue weighted by Gasteiger charge is -1.73. The van der Waals surface area contributed by atoms with E-state index in [1.165, 1.54) is 0 Å². The van der Waals surface area contributed by atoms with Gasteiger partial charge in [0, 0.05) is 0 Å². The maximum Gasteiger partial charge on any atom is 0.0931 e. The number of imidazole rings is 1. The molecule has 2 nitrogen and oxygen atoms in total. The topological polar surface area (TPSA) is 28.7 Å². The van der Waals surface area contributed by atoms with Crippen molar-refractivity contribution in [1.82, 2.24) is 9.97 Å². The summed E-state index contributed by atoms with van der Waals surface area (Å²) in [5.41, 5.74) is 0. The molecule has 2 heteroatoms. The number of hydrogen-bond donors (Lipinski definition) is 1. The molecule has 1 rings (SSSR count). The van der Waals surface area contributed by atoms with Crippen molar-refractivity contribution in [3.8, 4) is 0 Å². The Morgan fingerprint density at radius 3 is 2.91 bits per heavy atom. The lowest BCUT2D eigenvalue weighted by molar-refractivity contribution is 1.29. The SMILES string of the molecule is C\C=C/C=c1/nc[nH]/c1=C/C. The second-order valence-corrected chi connectivity index (χ2v) is 2.18. The largest absolute Gasteiger partial charge is 0.345 e. The first-order chi connectivity index (χ1) is 5.38. The molecular weight excluding hydrogens is 136 g/mol. The van der Waals surface area contributed by atoms with E-state index in [4.69, 9.17) is 0 Å². The van der Waals surface area contributed by atoms with Gasteiger partial charge in [0.2, 0.25) is 0 Å². The predicted octanol–water partition coefficient (Wildman–Crippen LogP) is 0.567. The Morgan fingerprint density at radius 2 is 2.27 bits per heavy atom. The molecule has 0 spiro atoms. The highest BCUT2D eigenvalue weighted by Gasteiger charge is 1.81. The Labute approximate surface area is 66.0 Å². The van der Waals surface area contributed by atoms with Crippen LogP contribution < -0.4 is 10.7 Å². The number of rotatable bonds is 1. The molecule has 0 aromatic carbocycles. The summed E-state index contributed by atoms with van der Waals surface area (Å²) >= 11 is 0. The number of nitrogens with zero attached hydrogens (tertiary/aromatic N) is 1. The van der Waals surface area contributed by atoms with Crippen LogP contribution in [-0.2, 0) is 0 Å². The summed E-state index contributed by atoms with van der Waals surface area (Å²) in [7, 11) is 0. The summed E-state index contributed by atoms with van der Waals surface area (Å²) in [5, 5.41) is 2.06. The maximum absolute atomic E-state index is 4.13. The highest BCUT2D eigenvalue weighted by molar-refractivity contribution is 5.34. The Morgan fingerprint density at radius 1 is 1.45 bits per heavy atom. The highest BCUT2D eigenvalue weighted by Crippen LogP contribution is 1.68. The first kappa shape index (κ1) is 7.79. The van der Waals surface area contributed by atoms with Gasteiger partial charge < -0.3 is 4.98 Å². The van der Waals surface area contributed by atoms with E-state index in [1.807, 2.05) is 38.2 Å². The van der Waals surface area contributed by atoms with Gasteiger partial charge >= 0.3 is 0 Å². The molecular formula is C9H12N2. The Bertz CT molecular complexity index is 344. The van der Waals surface area contributed by atoms with Crippen molar-refractivity contribution in [1.29, 1.82) is 0 Å². The molecule has 0 aliphatic heterocycles. The number of nitrogens with one attached hydrogen (secondary N) is 1. The van der Waals surface area contributed by atoms with Gasteiger partial charge in [-0.2, -0.15) is 0 Å². The monoisotopic (exact) mass is 148 g/mol. The second-order valence-electron chi connectivity index (χ2n) is 2.18. The van der Waals surface area contributed by atoms with E-state index in [9.17, 15) is 0 Å². The summed E-state index contributed by atoms with van der Waals surface area (Å²) < 4.78 is 0. The quantitative estimate of drug-likeness (QED) is 0.619. The Hall–Kier alpha value is -1.31. The standard InChI is InChI=1S/C9H12N2/c1-3-5-6-9-8(4-2)10-7-11-9/h3-7H,1-2H3,(H,10,11)/b5-3-,8-4+,9-6+. The zero-order valence-electron chi connectivity index (χ0n) is 6.83. The smallest absolute Gasteiger partial charge is 0.0931 e. The fourth-order valence-electron chi connectivity index (χ4n) is 0.866. The molecule has 0 unspecified atom stereocenters. The third kappa shape index (κ3) is 1.80. The van der Waals surface area contributed by atoms with Crippen molar-refractivity contribution < 1.29 is 0 Å². The first-order valence-electron chi connectivity index (χ1n) is 3.67.